The molecule has 0 radical (unpaired) electrons. The number of amides is 1. The fraction of sp³-hybridized carbons (Fsp3) is 0.412. The van der Waals surface area contributed by atoms with Crippen LogP contribution in [0.5, 0.6) is 0 Å². The van der Waals surface area contributed by atoms with Crippen LogP contribution in [0.4, 0.5) is 0 Å². The number of carboxylic acid groups (broad SMARTS) is 1. The second-order valence-electron chi connectivity index (χ2n) is 5.85. The standard InChI is InChI=1S/C17H19NO4/c1-18-15(19)13(12-8-4-2-5-9-12)14(16(20)21)22-17(18)10-6-3-7-11-17/h2,4-5,8-9H,3,6-7,10-11H2,1H3,(H,20,21). The molecule has 1 aliphatic carbocycles. The molecule has 1 amide bonds. The van der Waals surface area contributed by atoms with Crippen LogP contribution in [0.3, 0.4) is 0 Å². The van der Waals surface area contributed by atoms with Crippen molar-refractivity contribution in [2.45, 2.75) is 37.8 Å². The Morgan fingerprint density at radius 1 is 1.18 bits per heavy atom. The van der Waals surface area contributed by atoms with Gasteiger partial charge in [0.25, 0.3) is 5.91 Å². The Bertz CT molecular complexity index is 629. The van der Waals surface area contributed by atoms with E-state index in [1.54, 1.807) is 36.2 Å². The van der Waals surface area contributed by atoms with Gasteiger partial charge in [-0.1, -0.05) is 36.8 Å². The number of rotatable bonds is 2. The van der Waals surface area contributed by atoms with E-state index in [1.165, 1.54) is 0 Å². The van der Waals surface area contributed by atoms with Gasteiger partial charge in [0, 0.05) is 19.9 Å². The highest BCUT2D eigenvalue weighted by Gasteiger charge is 2.48. The highest BCUT2D eigenvalue weighted by atomic mass is 16.5. The lowest BCUT2D eigenvalue weighted by atomic mass is 9.87. The van der Waals surface area contributed by atoms with E-state index in [9.17, 15) is 14.7 Å². The van der Waals surface area contributed by atoms with Gasteiger partial charge in [-0.15, -0.1) is 0 Å². The summed E-state index contributed by atoms with van der Waals surface area (Å²) in [5.41, 5.74) is -0.101. The Balaban J connectivity index is 2.11. The van der Waals surface area contributed by atoms with Crippen LogP contribution >= 0.6 is 0 Å². The molecule has 1 spiro atoms. The number of carbonyl (C=O) groups is 2. The van der Waals surface area contributed by atoms with Crippen molar-refractivity contribution >= 4 is 17.4 Å². The number of carboxylic acids is 1. The van der Waals surface area contributed by atoms with Crippen molar-refractivity contribution in [2.75, 3.05) is 7.05 Å². The topological polar surface area (TPSA) is 66.8 Å². The maximum atomic E-state index is 12.8. The van der Waals surface area contributed by atoms with Gasteiger partial charge in [-0.2, -0.15) is 0 Å². The third-order valence-electron chi connectivity index (χ3n) is 4.54. The van der Waals surface area contributed by atoms with Crippen LogP contribution in [-0.2, 0) is 14.3 Å². The maximum absolute atomic E-state index is 12.8. The van der Waals surface area contributed by atoms with Gasteiger partial charge in [0.2, 0.25) is 5.76 Å². The Morgan fingerprint density at radius 2 is 1.82 bits per heavy atom. The van der Waals surface area contributed by atoms with Crippen molar-refractivity contribution < 1.29 is 19.4 Å². The monoisotopic (exact) mass is 301 g/mol. The summed E-state index contributed by atoms with van der Waals surface area (Å²) in [5, 5.41) is 9.53. The molecule has 1 N–H and O–H groups in total. The molecule has 22 heavy (non-hydrogen) atoms. The first kappa shape index (κ1) is 14.6. The van der Waals surface area contributed by atoms with Gasteiger partial charge in [-0.25, -0.2) is 4.79 Å². The van der Waals surface area contributed by atoms with Crippen LogP contribution in [0, 0.1) is 0 Å². The van der Waals surface area contributed by atoms with Crippen LogP contribution in [-0.4, -0.2) is 34.7 Å². The van der Waals surface area contributed by atoms with Gasteiger partial charge in [-0.3, -0.25) is 4.79 Å². The van der Waals surface area contributed by atoms with E-state index in [4.69, 9.17) is 4.74 Å². The van der Waals surface area contributed by atoms with Crippen molar-refractivity contribution in [2.24, 2.45) is 0 Å². The van der Waals surface area contributed by atoms with Gasteiger partial charge in [-0.05, 0) is 18.4 Å². The normalized spacial score (nSPS) is 21.0. The molecule has 1 aromatic carbocycles. The quantitative estimate of drug-likeness (QED) is 0.912. The van der Waals surface area contributed by atoms with Crippen LogP contribution in [0.15, 0.2) is 36.1 Å². The Kier molecular flexibility index (Phi) is 3.64. The summed E-state index contributed by atoms with van der Waals surface area (Å²) in [6.07, 6.45) is 4.31. The Labute approximate surface area is 129 Å². The lowest BCUT2D eigenvalue weighted by molar-refractivity contribution is -0.177. The number of ether oxygens (including phenoxy) is 1. The smallest absolute Gasteiger partial charge is 0.372 e. The summed E-state index contributed by atoms with van der Waals surface area (Å²) in [6, 6.07) is 8.84. The maximum Gasteiger partial charge on any atom is 0.372 e. The SMILES string of the molecule is CN1C(=O)C(c2ccccc2)=C(C(=O)O)OC12CCCCC2. The lowest BCUT2D eigenvalue weighted by Gasteiger charge is -2.47. The van der Waals surface area contributed by atoms with E-state index < -0.39 is 11.7 Å². The van der Waals surface area contributed by atoms with Crippen molar-refractivity contribution in [3.05, 3.63) is 41.7 Å². The van der Waals surface area contributed by atoms with Gasteiger partial charge in [0.15, 0.2) is 5.72 Å². The number of hydrogen-bond acceptors (Lipinski definition) is 3. The molecular weight excluding hydrogens is 282 g/mol. The Hall–Kier alpha value is -2.30. The molecule has 5 heteroatoms. The minimum absolute atomic E-state index is 0.131. The number of carbonyl (C=O) groups excluding carboxylic acids is 1. The first-order valence-corrected chi connectivity index (χ1v) is 7.55. The molecule has 0 saturated heterocycles. The van der Waals surface area contributed by atoms with Crippen LogP contribution in [0.2, 0.25) is 0 Å². The van der Waals surface area contributed by atoms with Crippen LogP contribution in [0.25, 0.3) is 5.57 Å². The fourth-order valence-electron chi connectivity index (χ4n) is 3.31. The van der Waals surface area contributed by atoms with Crippen molar-refractivity contribution in [1.82, 2.24) is 4.90 Å². The van der Waals surface area contributed by atoms with Crippen molar-refractivity contribution in [3.63, 3.8) is 0 Å². The molecule has 1 fully saturated rings. The van der Waals surface area contributed by atoms with Gasteiger partial charge in [0.1, 0.15) is 0 Å². The summed E-state index contributed by atoms with van der Waals surface area (Å²) in [7, 11) is 1.70. The summed E-state index contributed by atoms with van der Waals surface area (Å²) in [4.78, 5) is 26.1. The van der Waals surface area contributed by atoms with Gasteiger partial charge < -0.3 is 14.7 Å². The van der Waals surface area contributed by atoms with E-state index in [1.807, 2.05) is 6.07 Å². The molecule has 0 aromatic heterocycles. The third-order valence-corrected chi connectivity index (χ3v) is 4.54. The molecule has 1 aromatic rings. The van der Waals surface area contributed by atoms with E-state index in [-0.39, 0.29) is 17.2 Å². The van der Waals surface area contributed by atoms with E-state index in [0.717, 1.165) is 19.3 Å². The van der Waals surface area contributed by atoms with Gasteiger partial charge in [0.05, 0.1) is 5.57 Å². The van der Waals surface area contributed by atoms with E-state index in [2.05, 4.69) is 0 Å². The average molecular weight is 301 g/mol. The molecule has 2 aliphatic rings. The van der Waals surface area contributed by atoms with Crippen LogP contribution < -0.4 is 0 Å². The second-order valence-corrected chi connectivity index (χ2v) is 5.85. The predicted octanol–water partition coefficient (Wildman–Crippen LogP) is 2.63. The zero-order valence-corrected chi connectivity index (χ0v) is 12.5. The largest absolute Gasteiger partial charge is 0.475 e. The number of hydrogen-bond donors (Lipinski definition) is 1. The fourth-order valence-corrected chi connectivity index (χ4v) is 3.31. The van der Waals surface area contributed by atoms with E-state index >= 15 is 0 Å². The molecule has 1 saturated carbocycles. The Morgan fingerprint density at radius 3 is 2.41 bits per heavy atom. The molecule has 0 atom stereocenters. The number of likely N-dealkylation sites (N-methyl/N-ethyl adjacent to an activating group) is 1. The van der Waals surface area contributed by atoms with Crippen molar-refractivity contribution in [1.29, 1.82) is 0 Å². The molecular formula is C17H19NO4. The second kappa shape index (κ2) is 5.48. The zero-order chi connectivity index (χ0) is 15.7. The van der Waals surface area contributed by atoms with E-state index in [0.29, 0.717) is 18.4 Å². The van der Waals surface area contributed by atoms with Crippen molar-refractivity contribution in [3.8, 4) is 0 Å². The highest BCUT2D eigenvalue weighted by Crippen LogP contribution is 2.42. The molecule has 0 unspecified atom stereocenters. The minimum Gasteiger partial charge on any atom is -0.475 e. The molecule has 0 bridgehead atoms. The predicted molar refractivity (Wildman–Crippen MR) is 80.7 cm³/mol. The van der Waals surface area contributed by atoms with Gasteiger partial charge >= 0.3 is 5.97 Å². The first-order chi connectivity index (χ1) is 10.6. The molecule has 1 heterocycles. The molecule has 5 nitrogen and oxygen atoms in total. The lowest BCUT2D eigenvalue weighted by Crippen LogP contribution is -2.56. The first-order valence-electron chi connectivity index (χ1n) is 7.55. The number of aliphatic carboxylic acids is 1. The average Bonchev–Trinajstić information content (AvgIpc) is 2.54. The number of nitrogens with zero attached hydrogens (tertiary/aromatic N) is 1. The third kappa shape index (κ3) is 2.26. The summed E-state index contributed by atoms with van der Waals surface area (Å²) in [6.45, 7) is 0. The zero-order valence-electron chi connectivity index (χ0n) is 12.5. The molecule has 116 valence electrons. The summed E-state index contributed by atoms with van der Waals surface area (Å²) >= 11 is 0. The minimum atomic E-state index is -1.19. The highest BCUT2D eigenvalue weighted by molar-refractivity contribution is 6.25. The molecule has 3 rings (SSSR count). The summed E-state index contributed by atoms with van der Waals surface area (Å²) in [5.74, 6) is -1.70. The van der Waals surface area contributed by atoms with Crippen LogP contribution in [0.1, 0.15) is 37.7 Å². The molecule has 1 aliphatic heterocycles. The number of benzene rings is 1. The summed E-state index contributed by atoms with van der Waals surface area (Å²) < 4.78 is 5.91.